The average molecular weight is 236 g/mol. The number of nitrogens with zero attached hydrogens (tertiary/aromatic N) is 2. The fourth-order valence-electron chi connectivity index (χ4n) is 3.29. The van der Waals surface area contributed by atoms with Gasteiger partial charge in [-0.05, 0) is 26.2 Å². The van der Waals surface area contributed by atoms with Crippen LogP contribution >= 0.6 is 0 Å². The van der Waals surface area contributed by atoms with Gasteiger partial charge in [-0.3, -0.25) is 9.69 Å². The predicted octanol–water partition coefficient (Wildman–Crippen LogP) is 1.42. The molecule has 0 spiro atoms. The van der Waals surface area contributed by atoms with Crippen LogP contribution in [0.15, 0.2) is 10.6 Å². The lowest BCUT2D eigenvalue weighted by Gasteiger charge is -2.21. The fraction of sp³-hybridized carbons (Fsp3) is 0.667. The number of carboxylic acids is 1. The van der Waals surface area contributed by atoms with Gasteiger partial charge < -0.3 is 9.63 Å². The number of rotatable bonds is 3. The Morgan fingerprint density at radius 2 is 2.47 bits per heavy atom. The molecule has 2 fully saturated rings. The van der Waals surface area contributed by atoms with Crippen molar-refractivity contribution in [1.82, 2.24) is 10.1 Å². The first-order valence-electron chi connectivity index (χ1n) is 6.06. The lowest BCUT2D eigenvalue weighted by Crippen LogP contribution is -2.32. The lowest BCUT2D eigenvalue weighted by atomic mass is 9.89. The summed E-state index contributed by atoms with van der Waals surface area (Å²) >= 11 is 0. The zero-order valence-electron chi connectivity index (χ0n) is 9.80. The molecule has 3 rings (SSSR count). The van der Waals surface area contributed by atoms with Gasteiger partial charge in [-0.15, -0.1) is 0 Å². The first kappa shape index (κ1) is 10.8. The smallest absolute Gasteiger partial charge is 0.308 e. The third-order valence-corrected chi connectivity index (χ3v) is 4.02. The third kappa shape index (κ3) is 1.74. The van der Waals surface area contributed by atoms with E-state index in [1.807, 2.05) is 13.0 Å². The topological polar surface area (TPSA) is 66.6 Å². The van der Waals surface area contributed by atoms with Gasteiger partial charge in [0.1, 0.15) is 5.76 Å². The minimum absolute atomic E-state index is 0.189. The zero-order chi connectivity index (χ0) is 12.0. The number of aliphatic carboxylic acids is 1. The van der Waals surface area contributed by atoms with Crippen LogP contribution in [0.4, 0.5) is 0 Å². The quantitative estimate of drug-likeness (QED) is 0.859. The van der Waals surface area contributed by atoms with Crippen LogP contribution in [0.2, 0.25) is 0 Å². The number of aryl methyl sites for hydroxylation is 1. The van der Waals surface area contributed by atoms with E-state index < -0.39 is 5.97 Å². The fourth-order valence-corrected chi connectivity index (χ4v) is 3.29. The summed E-state index contributed by atoms with van der Waals surface area (Å²) in [5, 5.41) is 13.1. The summed E-state index contributed by atoms with van der Waals surface area (Å²) in [5.41, 5.74) is 0.908. The highest BCUT2D eigenvalue weighted by Gasteiger charge is 2.49. The third-order valence-electron chi connectivity index (χ3n) is 4.02. The van der Waals surface area contributed by atoms with Crippen molar-refractivity contribution in [2.75, 3.05) is 0 Å². The highest BCUT2D eigenvalue weighted by molar-refractivity contribution is 5.71. The van der Waals surface area contributed by atoms with Gasteiger partial charge in [-0.1, -0.05) is 5.16 Å². The Bertz CT molecular complexity index is 443. The van der Waals surface area contributed by atoms with Crippen LogP contribution in [-0.4, -0.2) is 33.2 Å². The Hall–Kier alpha value is -1.36. The molecule has 0 radical (unpaired) electrons. The van der Waals surface area contributed by atoms with E-state index in [0.29, 0.717) is 6.04 Å². The van der Waals surface area contributed by atoms with Gasteiger partial charge in [0, 0.05) is 24.7 Å². The molecule has 3 unspecified atom stereocenters. The van der Waals surface area contributed by atoms with Gasteiger partial charge in [0.15, 0.2) is 0 Å². The second-order valence-electron chi connectivity index (χ2n) is 5.08. The summed E-state index contributed by atoms with van der Waals surface area (Å²) in [7, 11) is 0. The predicted molar refractivity (Wildman–Crippen MR) is 59.3 cm³/mol. The molecular weight excluding hydrogens is 220 g/mol. The maximum absolute atomic E-state index is 11.1. The van der Waals surface area contributed by atoms with Crippen LogP contribution in [0, 0.1) is 12.8 Å². The minimum atomic E-state index is -0.654. The molecular formula is C12H16N2O3. The van der Waals surface area contributed by atoms with Crippen LogP contribution < -0.4 is 0 Å². The van der Waals surface area contributed by atoms with E-state index in [2.05, 4.69) is 10.1 Å². The minimum Gasteiger partial charge on any atom is -0.481 e. The van der Waals surface area contributed by atoms with Crippen molar-refractivity contribution >= 4 is 5.97 Å². The molecule has 5 heteroatoms. The van der Waals surface area contributed by atoms with Gasteiger partial charge in [0.2, 0.25) is 0 Å². The molecule has 2 aliphatic heterocycles. The van der Waals surface area contributed by atoms with E-state index in [9.17, 15) is 4.79 Å². The SMILES string of the molecule is Cc1cc(CN2C3CCC2C(C(=O)O)C3)no1. The highest BCUT2D eigenvalue weighted by atomic mass is 16.5. The number of carboxylic acid groups (broad SMARTS) is 1. The second-order valence-corrected chi connectivity index (χ2v) is 5.08. The van der Waals surface area contributed by atoms with Crippen LogP contribution in [0.25, 0.3) is 0 Å². The van der Waals surface area contributed by atoms with E-state index >= 15 is 0 Å². The Balaban J connectivity index is 1.75. The number of aromatic nitrogens is 1. The van der Waals surface area contributed by atoms with Crippen LogP contribution in [0.5, 0.6) is 0 Å². The maximum Gasteiger partial charge on any atom is 0.308 e. The van der Waals surface area contributed by atoms with Gasteiger partial charge in [0.25, 0.3) is 0 Å². The molecule has 1 aromatic heterocycles. The molecule has 2 saturated heterocycles. The largest absolute Gasteiger partial charge is 0.481 e. The number of hydrogen-bond acceptors (Lipinski definition) is 4. The van der Waals surface area contributed by atoms with Crippen LogP contribution in [0.3, 0.4) is 0 Å². The molecule has 1 aromatic rings. The van der Waals surface area contributed by atoms with Crippen molar-refractivity contribution in [3.63, 3.8) is 0 Å². The summed E-state index contributed by atoms with van der Waals surface area (Å²) < 4.78 is 5.05. The van der Waals surface area contributed by atoms with E-state index in [1.165, 1.54) is 0 Å². The van der Waals surface area contributed by atoms with Crippen LogP contribution in [0.1, 0.15) is 30.7 Å². The van der Waals surface area contributed by atoms with Crippen LogP contribution in [-0.2, 0) is 11.3 Å². The molecule has 17 heavy (non-hydrogen) atoms. The molecule has 0 amide bonds. The molecule has 5 nitrogen and oxygen atoms in total. The molecule has 0 aliphatic carbocycles. The summed E-state index contributed by atoms with van der Waals surface area (Å²) in [6.07, 6.45) is 2.90. The Morgan fingerprint density at radius 1 is 1.65 bits per heavy atom. The first-order valence-corrected chi connectivity index (χ1v) is 6.06. The molecule has 3 heterocycles. The normalized spacial score (nSPS) is 32.2. The van der Waals surface area contributed by atoms with Crippen molar-refractivity contribution in [3.8, 4) is 0 Å². The number of hydrogen-bond donors (Lipinski definition) is 1. The van der Waals surface area contributed by atoms with Crippen molar-refractivity contribution in [1.29, 1.82) is 0 Å². The maximum atomic E-state index is 11.1. The summed E-state index contributed by atoms with van der Waals surface area (Å²) in [4.78, 5) is 13.4. The molecule has 0 saturated carbocycles. The van der Waals surface area contributed by atoms with E-state index in [0.717, 1.165) is 37.3 Å². The first-order chi connectivity index (χ1) is 8.15. The molecule has 1 N–H and O–H groups in total. The van der Waals surface area contributed by atoms with Crippen molar-refractivity contribution in [2.45, 2.75) is 44.8 Å². The van der Waals surface area contributed by atoms with Gasteiger partial charge in [0.05, 0.1) is 11.6 Å². The van der Waals surface area contributed by atoms with E-state index in [1.54, 1.807) is 0 Å². The molecule has 2 bridgehead atoms. The Kier molecular flexibility index (Phi) is 2.43. The monoisotopic (exact) mass is 236 g/mol. The second kappa shape index (κ2) is 3.84. The molecule has 92 valence electrons. The van der Waals surface area contributed by atoms with Crippen molar-refractivity contribution in [3.05, 3.63) is 17.5 Å². The van der Waals surface area contributed by atoms with E-state index in [-0.39, 0.29) is 12.0 Å². The lowest BCUT2D eigenvalue weighted by molar-refractivity contribution is -0.142. The standard InChI is InChI=1S/C12H16N2O3/c1-7-4-8(13-17-7)6-14-9-2-3-11(14)10(5-9)12(15)16/h4,9-11H,2-3,5-6H2,1H3,(H,15,16). The molecule has 2 aliphatic rings. The summed E-state index contributed by atoms with van der Waals surface area (Å²) in [6.45, 7) is 2.59. The summed E-state index contributed by atoms with van der Waals surface area (Å²) in [5.74, 6) is -0.0402. The Labute approximate surface area is 99.4 Å². The van der Waals surface area contributed by atoms with Crippen molar-refractivity contribution in [2.24, 2.45) is 5.92 Å². The van der Waals surface area contributed by atoms with Gasteiger partial charge in [-0.25, -0.2) is 0 Å². The van der Waals surface area contributed by atoms with Gasteiger partial charge >= 0.3 is 5.97 Å². The highest BCUT2D eigenvalue weighted by Crippen LogP contribution is 2.42. The van der Waals surface area contributed by atoms with E-state index in [4.69, 9.17) is 9.63 Å². The summed E-state index contributed by atoms with van der Waals surface area (Å²) in [6, 6.07) is 2.53. The number of carbonyl (C=O) groups is 1. The van der Waals surface area contributed by atoms with Gasteiger partial charge in [-0.2, -0.15) is 0 Å². The number of fused-ring (bicyclic) bond motifs is 2. The average Bonchev–Trinajstić information content (AvgIpc) is 2.95. The zero-order valence-corrected chi connectivity index (χ0v) is 9.80. The molecule has 3 atom stereocenters. The Morgan fingerprint density at radius 3 is 3.06 bits per heavy atom. The molecule has 0 aromatic carbocycles. The van der Waals surface area contributed by atoms with Crippen molar-refractivity contribution < 1.29 is 14.4 Å².